The van der Waals surface area contributed by atoms with E-state index in [4.69, 9.17) is 4.74 Å². The molecule has 0 unspecified atom stereocenters. The van der Waals surface area contributed by atoms with Crippen molar-refractivity contribution in [1.29, 1.82) is 0 Å². The highest BCUT2D eigenvalue weighted by molar-refractivity contribution is 5.95. The lowest BCUT2D eigenvalue weighted by Gasteiger charge is -2.12. The van der Waals surface area contributed by atoms with Gasteiger partial charge >= 0.3 is 6.18 Å². The van der Waals surface area contributed by atoms with Crippen molar-refractivity contribution in [1.82, 2.24) is 29.5 Å². The lowest BCUT2D eigenvalue weighted by atomic mass is 9.99. The number of amides is 1. The molecule has 4 aromatic rings. The number of unbranched alkanes of at least 4 members (excludes halogenated alkanes) is 1. The van der Waals surface area contributed by atoms with E-state index in [0.29, 0.717) is 61.7 Å². The third-order valence-corrected chi connectivity index (χ3v) is 6.60. The highest BCUT2D eigenvalue weighted by Gasteiger charge is 2.38. The van der Waals surface area contributed by atoms with Crippen LogP contribution in [0.5, 0.6) is 0 Å². The third kappa shape index (κ3) is 6.70. The highest BCUT2D eigenvalue weighted by atomic mass is 19.4. The highest BCUT2D eigenvalue weighted by Crippen LogP contribution is 2.36. The van der Waals surface area contributed by atoms with Crippen LogP contribution in [0.2, 0.25) is 0 Å². The minimum atomic E-state index is -4.60. The minimum absolute atomic E-state index is 0.0167. The molecule has 1 amide bonds. The molecule has 0 bridgehead atoms. The number of carbonyl (C=O) groups is 1. The molecule has 1 N–H and O–H groups in total. The number of ether oxygens (including phenoxy) is 1. The predicted molar refractivity (Wildman–Crippen MR) is 146 cm³/mol. The van der Waals surface area contributed by atoms with Gasteiger partial charge in [0.15, 0.2) is 11.3 Å². The molecule has 8 nitrogen and oxygen atoms in total. The molecular formula is C29H35F3N6O2. The van der Waals surface area contributed by atoms with E-state index in [9.17, 15) is 18.0 Å². The number of imidazole rings is 1. The van der Waals surface area contributed by atoms with E-state index in [1.807, 2.05) is 32.9 Å². The number of fused-ring (bicyclic) bond motifs is 1. The molecule has 0 saturated carbocycles. The third-order valence-electron chi connectivity index (χ3n) is 6.60. The van der Waals surface area contributed by atoms with Crippen LogP contribution in [0.1, 0.15) is 72.9 Å². The van der Waals surface area contributed by atoms with Crippen molar-refractivity contribution >= 4 is 11.6 Å². The molecule has 1 aromatic carbocycles. The first-order chi connectivity index (χ1) is 19.3. The SMILES string of the molecule is CCCCn1cc(-c2cnc3c(Cc4ccc(C(=O)NCCOCCC)c(CC)c4)nccn23)c(C(F)(F)F)n1. The molecule has 0 spiro atoms. The van der Waals surface area contributed by atoms with Gasteiger partial charge in [0.2, 0.25) is 0 Å². The Labute approximate surface area is 231 Å². The summed E-state index contributed by atoms with van der Waals surface area (Å²) >= 11 is 0. The number of nitrogens with zero attached hydrogens (tertiary/aromatic N) is 5. The number of aromatic nitrogens is 5. The van der Waals surface area contributed by atoms with Gasteiger partial charge in [-0.05, 0) is 36.5 Å². The summed E-state index contributed by atoms with van der Waals surface area (Å²) in [7, 11) is 0. The van der Waals surface area contributed by atoms with Crippen molar-refractivity contribution in [2.24, 2.45) is 0 Å². The summed E-state index contributed by atoms with van der Waals surface area (Å²) in [4.78, 5) is 21.7. The Morgan fingerprint density at radius 1 is 1.10 bits per heavy atom. The number of halogens is 3. The van der Waals surface area contributed by atoms with Gasteiger partial charge in [0.25, 0.3) is 5.91 Å². The summed E-state index contributed by atoms with van der Waals surface area (Å²) in [6.45, 7) is 7.96. The van der Waals surface area contributed by atoms with E-state index in [0.717, 1.165) is 30.4 Å². The lowest BCUT2D eigenvalue weighted by Crippen LogP contribution is -2.28. The van der Waals surface area contributed by atoms with E-state index < -0.39 is 11.9 Å². The molecule has 214 valence electrons. The molecule has 40 heavy (non-hydrogen) atoms. The average Bonchev–Trinajstić information content (AvgIpc) is 3.56. The van der Waals surface area contributed by atoms with Crippen LogP contribution in [0.25, 0.3) is 16.9 Å². The van der Waals surface area contributed by atoms with Crippen LogP contribution in [0.4, 0.5) is 13.2 Å². The van der Waals surface area contributed by atoms with Gasteiger partial charge in [-0.1, -0.05) is 39.3 Å². The van der Waals surface area contributed by atoms with E-state index in [-0.39, 0.29) is 11.5 Å². The summed E-state index contributed by atoms with van der Waals surface area (Å²) in [6, 6.07) is 5.64. The maximum atomic E-state index is 13.9. The van der Waals surface area contributed by atoms with Gasteiger partial charge in [0, 0.05) is 50.3 Å². The number of nitrogens with one attached hydrogen (secondary N) is 1. The van der Waals surface area contributed by atoms with Gasteiger partial charge in [-0.25, -0.2) is 4.98 Å². The predicted octanol–water partition coefficient (Wildman–Crippen LogP) is 5.72. The molecule has 0 saturated heterocycles. The largest absolute Gasteiger partial charge is 0.435 e. The Bertz CT molecular complexity index is 1440. The fraction of sp³-hybridized carbons (Fsp3) is 0.448. The number of carbonyl (C=O) groups excluding carboxylic acids is 1. The van der Waals surface area contributed by atoms with Crippen LogP contribution in [0.3, 0.4) is 0 Å². The van der Waals surface area contributed by atoms with Crippen LogP contribution in [0.15, 0.2) is 43.0 Å². The standard InChI is InChI=1S/C29H35F3N6O2/c1-4-7-12-37-19-23(26(36-37)29(30,31)32)25-18-35-27-24(33-10-13-38(25)27)17-20-8-9-22(21(6-3)16-20)28(39)34-11-15-40-14-5-2/h8-10,13,16,18-19H,4-7,11-12,14-15,17H2,1-3H3,(H,34,39). The van der Waals surface area contributed by atoms with Gasteiger partial charge in [-0.3, -0.25) is 18.9 Å². The number of alkyl halides is 3. The lowest BCUT2D eigenvalue weighted by molar-refractivity contribution is -0.141. The van der Waals surface area contributed by atoms with Crippen molar-refractivity contribution in [3.8, 4) is 11.3 Å². The first kappa shape index (κ1) is 29.3. The Morgan fingerprint density at radius 2 is 1.93 bits per heavy atom. The number of aryl methyl sites for hydroxylation is 2. The van der Waals surface area contributed by atoms with Gasteiger partial charge in [0.05, 0.1) is 29.8 Å². The van der Waals surface area contributed by atoms with E-state index in [1.54, 1.807) is 22.9 Å². The summed E-state index contributed by atoms with van der Waals surface area (Å²) in [5, 5.41) is 6.74. The zero-order valence-corrected chi connectivity index (χ0v) is 23.1. The summed E-state index contributed by atoms with van der Waals surface area (Å²) in [6.07, 6.45) is 5.02. The van der Waals surface area contributed by atoms with Gasteiger partial charge in [0.1, 0.15) is 0 Å². The summed E-state index contributed by atoms with van der Waals surface area (Å²) < 4.78 is 50.0. The van der Waals surface area contributed by atoms with Crippen molar-refractivity contribution in [2.45, 2.75) is 65.6 Å². The van der Waals surface area contributed by atoms with Crippen LogP contribution in [0, 0.1) is 0 Å². The zero-order valence-electron chi connectivity index (χ0n) is 23.1. The first-order valence-corrected chi connectivity index (χ1v) is 13.7. The molecule has 0 radical (unpaired) electrons. The Morgan fingerprint density at radius 3 is 2.65 bits per heavy atom. The summed E-state index contributed by atoms with van der Waals surface area (Å²) in [5.41, 5.74) is 2.88. The van der Waals surface area contributed by atoms with Gasteiger partial charge in [-0.15, -0.1) is 0 Å². The molecule has 0 fully saturated rings. The number of hydrogen-bond donors (Lipinski definition) is 1. The molecule has 0 atom stereocenters. The van der Waals surface area contributed by atoms with Crippen molar-refractivity contribution in [3.63, 3.8) is 0 Å². The number of rotatable bonds is 13. The van der Waals surface area contributed by atoms with E-state index in [2.05, 4.69) is 20.4 Å². The zero-order chi connectivity index (χ0) is 28.7. The molecule has 0 aliphatic heterocycles. The average molecular weight is 557 g/mol. The number of hydrogen-bond acceptors (Lipinski definition) is 5. The smallest absolute Gasteiger partial charge is 0.380 e. The Kier molecular flexibility index (Phi) is 9.57. The molecular weight excluding hydrogens is 521 g/mol. The first-order valence-electron chi connectivity index (χ1n) is 13.7. The maximum Gasteiger partial charge on any atom is 0.435 e. The van der Waals surface area contributed by atoms with Crippen LogP contribution < -0.4 is 5.32 Å². The molecule has 11 heteroatoms. The monoisotopic (exact) mass is 556 g/mol. The van der Waals surface area contributed by atoms with Gasteiger partial charge < -0.3 is 10.1 Å². The van der Waals surface area contributed by atoms with Crippen molar-refractivity contribution < 1.29 is 22.7 Å². The minimum Gasteiger partial charge on any atom is -0.380 e. The van der Waals surface area contributed by atoms with Crippen molar-refractivity contribution in [2.75, 3.05) is 19.8 Å². The number of benzene rings is 1. The maximum absolute atomic E-state index is 13.9. The molecule has 0 aliphatic rings. The molecule has 0 aliphatic carbocycles. The fourth-order valence-electron chi connectivity index (χ4n) is 4.59. The topological polar surface area (TPSA) is 86.3 Å². The normalized spacial score (nSPS) is 11.8. The Balaban J connectivity index is 1.59. The van der Waals surface area contributed by atoms with Gasteiger partial charge in [-0.2, -0.15) is 18.3 Å². The second kappa shape index (κ2) is 13.1. The van der Waals surface area contributed by atoms with Crippen molar-refractivity contribution in [3.05, 3.63) is 71.1 Å². The fourth-order valence-corrected chi connectivity index (χ4v) is 4.59. The second-order valence-electron chi connectivity index (χ2n) is 9.61. The molecule has 3 aromatic heterocycles. The van der Waals surface area contributed by atoms with Crippen LogP contribution in [-0.4, -0.2) is 49.8 Å². The molecule has 4 rings (SSSR count). The summed E-state index contributed by atoms with van der Waals surface area (Å²) in [5.74, 6) is -0.151. The van der Waals surface area contributed by atoms with Crippen LogP contribution >= 0.6 is 0 Å². The van der Waals surface area contributed by atoms with E-state index in [1.165, 1.54) is 17.1 Å². The van der Waals surface area contributed by atoms with Crippen LogP contribution in [-0.2, 0) is 30.3 Å². The second-order valence-corrected chi connectivity index (χ2v) is 9.61. The molecule has 3 heterocycles. The van der Waals surface area contributed by atoms with E-state index >= 15 is 0 Å². The Hall–Kier alpha value is -3.73. The quantitative estimate of drug-likeness (QED) is 0.213.